The van der Waals surface area contributed by atoms with Gasteiger partial charge in [0, 0.05) is 12.5 Å². The SMILES string of the molecule is CCCC(CCC)C(=O)NCC(CC)CC(C)C. The molecule has 1 unspecified atom stereocenters. The Balaban J connectivity index is 4.10. The van der Waals surface area contributed by atoms with Crippen LogP contribution in [0.15, 0.2) is 0 Å². The van der Waals surface area contributed by atoms with Crippen molar-refractivity contribution in [2.24, 2.45) is 17.8 Å². The number of hydrogen-bond acceptors (Lipinski definition) is 1. The summed E-state index contributed by atoms with van der Waals surface area (Å²) in [7, 11) is 0. The third-order valence-corrected chi connectivity index (χ3v) is 3.59. The highest BCUT2D eigenvalue weighted by Gasteiger charge is 2.17. The topological polar surface area (TPSA) is 29.1 Å². The number of hydrogen-bond donors (Lipinski definition) is 1. The van der Waals surface area contributed by atoms with Gasteiger partial charge in [-0.05, 0) is 31.1 Å². The van der Waals surface area contributed by atoms with Crippen molar-refractivity contribution < 1.29 is 4.79 Å². The highest BCUT2D eigenvalue weighted by atomic mass is 16.1. The average Bonchev–Trinajstić information content (AvgIpc) is 2.33. The quantitative estimate of drug-likeness (QED) is 0.616. The Morgan fingerprint density at radius 3 is 2.00 bits per heavy atom. The summed E-state index contributed by atoms with van der Waals surface area (Å²) in [5.74, 6) is 1.87. The summed E-state index contributed by atoms with van der Waals surface area (Å²) in [6.07, 6.45) is 6.62. The van der Waals surface area contributed by atoms with Gasteiger partial charge in [-0.25, -0.2) is 0 Å². The monoisotopic (exact) mass is 255 g/mol. The fourth-order valence-electron chi connectivity index (χ4n) is 2.55. The van der Waals surface area contributed by atoms with Crippen LogP contribution in [0.25, 0.3) is 0 Å². The number of amides is 1. The predicted molar refractivity (Wildman–Crippen MR) is 79.6 cm³/mol. The van der Waals surface area contributed by atoms with Crippen molar-refractivity contribution in [2.45, 2.75) is 73.1 Å². The zero-order valence-corrected chi connectivity index (χ0v) is 13.1. The van der Waals surface area contributed by atoms with Gasteiger partial charge in [-0.2, -0.15) is 0 Å². The fourth-order valence-corrected chi connectivity index (χ4v) is 2.55. The molecule has 1 atom stereocenters. The van der Waals surface area contributed by atoms with Crippen molar-refractivity contribution in [2.75, 3.05) is 6.54 Å². The van der Waals surface area contributed by atoms with E-state index in [0.29, 0.717) is 11.8 Å². The maximum Gasteiger partial charge on any atom is 0.223 e. The van der Waals surface area contributed by atoms with Gasteiger partial charge in [0.15, 0.2) is 0 Å². The van der Waals surface area contributed by atoms with Crippen molar-refractivity contribution in [3.05, 3.63) is 0 Å². The van der Waals surface area contributed by atoms with Crippen LogP contribution in [-0.2, 0) is 4.79 Å². The van der Waals surface area contributed by atoms with Gasteiger partial charge >= 0.3 is 0 Å². The predicted octanol–water partition coefficient (Wildman–Crippen LogP) is 4.39. The minimum Gasteiger partial charge on any atom is -0.356 e. The molecule has 1 N–H and O–H groups in total. The maximum absolute atomic E-state index is 12.1. The van der Waals surface area contributed by atoms with E-state index in [4.69, 9.17) is 0 Å². The van der Waals surface area contributed by atoms with Gasteiger partial charge in [0.05, 0.1) is 0 Å². The van der Waals surface area contributed by atoms with Gasteiger partial charge in [0.2, 0.25) is 5.91 Å². The first-order chi connectivity index (χ1) is 8.54. The summed E-state index contributed by atoms with van der Waals surface area (Å²) in [6.45, 7) is 11.9. The molecule has 0 aromatic carbocycles. The highest BCUT2D eigenvalue weighted by Crippen LogP contribution is 2.16. The molecule has 2 heteroatoms. The summed E-state index contributed by atoms with van der Waals surface area (Å²) in [5.41, 5.74) is 0. The molecule has 18 heavy (non-hydrogen) atoms. The van der Waals surface area contributed by atoms with E-state index in [-0.39, 0.29) is 11.8 Å². The summed E-state index contributed by atoms with van der Waals surface area (Å²) >= 11 is 0. The summed E-state index contributed by atoms with van der Waals surface area (Å²) in [4.78, 5) is 12.1. The Hall–Kier alpha value is -0.530. The van der Waals surface area contributed by atoms with E-state index >= 15 is 0 Å². The second-order valence-electron chi connectivity index (χ2n) is 5.92. The van der Waals surface area contributed by atoms with Crippen LogP contribution < -0.4 is 5.32 Å². The lowest BCUT2D eigenvalue weighted by molar-refractivity contribution is -0.125. The van der Waals surface area contributed by atoms with Crippen LogP contribution >= 0.6 is 0 Å². The molecular formula is C16H33NO. The van der Waals surface area contributed by atoms with Crippen LogP contribution in [-0.4, -0.2) is 12.5 Å². The molecule has 0 saturated carbocycles. The molecule has 0 aliphatic heterocycles. The standard InChI is InChI=1S/C16H33NO/c1-6-9-15(10-7-2)16(18)17-12-14(8-3)11-13(4)5/h13-15H,6-12H2,1-5H3,(H,17,18). The first-order valence-electron chi connectivity index (χ1n) is 7.82. The average molecular weight is 255 g/mol. The second kappa shape index (κ2) is 10.4. The van der Waals surface area contributed by atoms with E-state index in [1.807, 2.05) is 0 Å². The molecule has 0 bridgehead atoms. The van der Waals surface area contributed by atoms with Gasteiger partial charge in [0.1, 0.15) is 0 Å². The smallest absolute Gasteiger partial charge is 0.223 e. The molecular weight excluding hydrogens is 222 g/mol. The molecule has 0 aromatic heterocycles. The van der Waals surface area contributed by atoms with Gasteiger partial charge in [0.25, 0.3) is 0 Å². The van der Waals surface area contributed by atoms with Crippen LogP contribution in [0.2, 0.25) is 0 Å². The Kier molecular flexibility index (Phi) is 10.1. The largest absolute Gasteiger partial charge is 0.356 e. The van der Waals surface area contributed by atoms with Crippen LogP contribution in [0, 0.1) is 17.8 Å². The summed E-state index contributed by atoms with van der Waals surface area (Å²) in [6, 6.07) is 0. The zero-order chi connectivity index (χ0) is 14.0. The molecule has 0 aromatic rings. The normalized spacial score (nSPS) is 13.1. The Labute approximate surface area is 114 Å². The molecule has 0 aliphatic rings. The number of carbonyl (C=O) groups is 1. The van der Waals surface area contributed by atoms with Crippen LogP contribution in [0.3, 0.4) is 0 Å². The van der Waals surface area contributed by atoms with E-state index in [9.17, 15) is 4.79 Å². The molecule has 0 spiro atoms. The lowest BCUT2D eigenvalue weighted by Crippen LogP contribution is -2.34. The van der Waals surface area contributed by atoms with Crippen molar-refractivity contribution in [3.63, 3.8) is 0 Å². The van der Waals surface area contributed by atoms with E-state index in [1.165, 1.54) is 6.42 Å². The van der Waals surface area contributed by atoms with E-state index in [2.05, 4.69) is 39.9 Å². The third-order valence-electron chi connectivity index (χ3n) is 3.59. The van der Waals surface area contributed by atoms with Crippen molar-refractivity contribution in [3.8, 4) is 0 Å². The second-order valence-corrected chi connectivity index (χ2v) is 5.92. The third kappa shape index (κ3) is 7.73. The molecule has 0 aliphatic carbocycles. The minimum atomic E-state index is 0.233. The van der Waals surface area contributed by atoms with Gasteiger partial charge in [-0.3, -0.25) is 4.79 Å². The number of rotatable bonds is 10. The van der Waals surface area contributed by atoms with E-state index in [1.54, 1.807) is 0 Å². The van der Waals surface area contributed by atoms with Gasteiger partial charge in [-0.15, -0.1) is 0 Å². The van der Waals surface area contributed by atoms with Crippen LogP contribution in [0.1, 0.15) is 73.1 Å². The first kappa shape index (κ1) is 17.5. The van der Waals surface area contributed by atoms with E-state index in [0.717, 1.165) is 38.6 Å². The molecule has 108 valence electrons. The Morgan fingerprint density at radius 1 is 1.06 bits per heavy atom. The molecule has 1 amide bonds. The van der Waals surface area contributed by atoms with Crippen molar-refractivity contribution in [1.29, 1.82) is 0 Å². The van der Waals surface area contributed by atoms with Crippen LogP contribution in [0.4, 0.5) is 0 Å². The molecule has 0 radical (unpaired) electrons. The van der Waals surface area contributed by atoms with Gasteiger partial charge < -0.3 is 5.32 Å². The fraction of sp³-hybridized carbons (Fsp3) is 0.938. The molecule has 2 nitrogen and oxygen atoms in total. The molecule has 0 rings (SSSR count). The summed E-state index contributed by atoms with van der Waals surface area (Å²) < 4.78 is 0. The molecule has 0 saturated heterocycles. The summed E-state index contributed by atoms with van der Waals surface area (Å²) in [5, 5.41) is 3.17. The first-order valence-corrected chi connectivity index (χ1v) is 7.82. The molecule has 0 heterocycles. The van der Waals surface area contributed by atoms with Crippen molar-refractivity contribution in [1.82, 2.24) is 5.32 Å². The lowest BCUT2D eigenvalue weighted by Gasteiger charge is -2.20. The number of carbonyl (C=O) groups excluding carboxylic acids is 1. The zero-order valence-electron chi connectivity index (χ0n) is 13.1. The minimum absolute atomic E-state index is 0.233. The highest BCUT2D eigenvalue weighted by molar-refractivity contribution is 5.78. The molecule has 0 fully saturated rings. The Morgan fingerprint density at radius 2 is 1.61 bits per heavy atom. The van der Waals surface area contributed by atoms with E-state index < -0.39 is 0 Å². The number of nitrogens with one attached hydrogen (secondary N) is 1. The Bertz CT molecular complexity index is 207. The lowest BCUT2D eigenvalue weighted by atomic mass is 9.93. The van der Waals surface area contributed by atoms with Crippen LogP contribution in [0.5, 0.6) is 0 Å². The maximum atomic E-state index is 12.1. The van der Waals surface area contributed by atoms with Gasteiger partial charge in [-0.1, -0.05) is 53.9 Å². The van der Waals surface area contributed by atoms with Crippen molar-refractivity contribution >= 4 is 5.91 Å².